The van der Waals surface area contributed by atoms with Gasteiger partial charge in [0.25, 0.3) is 17.3 Å². The normalized spacial score (nSPS) is 10.8. The Balaban J connectivity index is 1.39. The predicted octanol–water partition coefficient (Wildman–Crippen LogP) is 5.60. The molecule has 3 heterocycles. The van der Waals surface area contributed by atoms with Gasteiger partial charge in [-0.25, -0.2) is 9.37 Å². The van der Waals surface area contributed by atoms with Gasteiger partial charge in [0, 0.05) is 35.9 Å². The third kappa shape index (κ3) is 5.06. The van der Waals surface area contributed by atoms with Crippen molar-refractivity contribution in [2.75, 3.05) is 19.5 Å². The number of fused-ring (bicyclic) bond motifs is 1. The van der Waals surface area contributed by atoms with E-state index in [9.17, 15) is 14.0 Å². The zero-order valence-electron chi connectivity index (χ0n) is 22.2. The molecule has 0 spiro atoms. The minimum atomic E-state index is -0.555. The van der Waals surface area contributed by atoms with Crippen LogP contribution in [0.25, 0.3) is 16.7 Å². The lowest BCUT2D eigenvalue weighted by Gasteiger charge is -2.14. The number of anilines is 1. The lowest BCUT2D eigenvalue weighted by molar-refractivity contribution is 0.102. The number of carbonyl (C=O) groups is 1. The summed E-state index contributed by atoms with van der Waals surface area (Å²) < 4.78 is 31.4. The van der Waals surface area contributed by atoms with Crippen LogP contribution in [0.5, 0.6) is 23.1 Å². The number of halogens is 1. The third-order valence-electron chi connectivity index (χ3n) is 6.41. The van der Waals surface area contributed by atoms with Crippen LogP contribution in [0.2, 0.25) is 0 Å². The maximum absolute atomic E-state index is 13.4. The van der Waals surface area contributed by atoms with E-state index in [1.807, 2.05) is 0 Å². The van der Waals surface area contributed by atoms with Crippen molar-refractivity contribution in [3.05, 3.63) is 106 Å². The van der Waals surface area contributed by atoms with E-state index in [0.717, 1.165) is 5.56 Å². The zero-order valence-corrected chi connectivity index (χ0v) is 22.2. The first-order valence-electron chi connectivity index (χ1n) is 12.2. The van der Waals surface area contributed by atoms with Gasteiger partial charge < -0.3 is 19.5 Å². The van der Waals surface area contributed by atoms with Gasteiger partial charge in [-0.1, -0.05) is 0 Å². The molecule has 0 unspecified atom stereocenters. The minimum Gasteiger partial charge on any atom is -0.491 e. The molecule has 202 valence electrons. The van der Waals surface area contributed by atoms with Crippen LogP contribution in [-0.2, 0) is 0 Å². The van der Waals surface area contributed by atoms with Crippen molar-refractivity contribution in [2.24, 2.45) is 0 Å². The monoisotopic (exact) mass is 540 g/mol. The highest BCUT2D eigenvalue weighted by molar-refractivity contribution is 6.05. The molecule has 2 aromatic carbocycles. The lowest BCUT2D eigenvalue weighted by atomic mass is 10.1. The number of pyridine rings is 3. The molecule has 0 aliphatic rings. The number of nitrogens with one attached hydrogen (secondary N) is 1. The molecule has 0 bridgehead atoms. The van der Waals surface area contributed by atoms with Crippen molar-refractivity contribution >= 4 is 22.6 Å². The quantitative estimate of drug-likeness (QED) is 0.287. The number of hydrogen-bond acceptors (Lipinski definition) is 7. The summed E-state index contributed by atoms with van der Waals surface area (Å²) in [5.74, 6) is 0.733. The summed E-state index contributed by atoms with van der Waals surface area (Å²) in [6.07, 6.45) is 3.24. The number of carbonyl (C=O) groups excluding carboxylic acids is 1. The number of ether oxygens (including phenoxy) is 3. The molecule has 40 heavy (non-hydrogen) atoms. The Bertz CT molecular complexity index is 1780. The number of rotatable bonds is 7. The molecule has 0 radical (unpaired) electrons. The van der Waals surface area contributed by atoms with Crippen molar-refractivity contribution < 1.29 is 23.4 Å². The van der Waals surface area contributed by atoms with E-state index >= 15 is 0 Å². The van der Waals surface area contributed by atoms with Crippen LogP contribution in [0, 0.1) is 19.7 Å². The molecule has 0 aliphatic heterocycles. The van der Waals surface area contributed by atoms with E-state index in [-0.39, 0.29) is 5.56 Å². The second-order valence-corrected chi connectivity index (χ2v) is 8.92. The molecule has 1 amide bonds. The van der Waals surface area contributed by atoms with Gasteiger partial charge in [-0.2, -0.15) is 0 Å². The van der Waals surface area contributed by atoms with Crippen LogP contribution in [0.3, 0.4) is 0 Å². The number of nitrogens with zero attached hydrogens (tertiary/aromatic N) is 3. The molecule has 10 heteroatoms. The highest BCUT2D eigenvalue weighted by atomic mass is 19.1. The molecule has 0 aliphatic carbocycles. The molecular weight excluding hydrogens is 515 g/mol. The summed E-state index contributed by atoms with van der Waals surface area (Å²) in [5, 5.41) is 2.78. The summed E-state index contributed by atoms with van der Waals surface area (Å²) >= 11 is 0. The summed E-state index contributed by atoms with van der Waals surface area (Å²) in [6, 6.07) is 15.6. The highest BCUT2D eigenvalue weighted by Gasteiger charge is 2.19. The van der Waals surface area contributed by atoms with Crippen LogP contribution in [-0.4, -0.2) is 34.7 Å². The summed E-state index contributed by atoms with van der Waals surface area (Å²) in [4.78, 5) is 35.3. The van der Waals surface area contributed by atoms with E-state index in [1.165, 1.54) is 43.1 Å². The van der Waals surface area contributed by atoms with E-state index in [4.69, 9.17) is 14.2 Å². The Labute approximate surface area is 228 Å². The van der Waals surface area contributed by atoms with Crippen LogP contribution >= 0.6 is 0 Å². The lowest BCUT2D eigenvalue weighted by Crippen LogP contribution is -2.30. The van der Waals surface area contributed by atoms with Gasteiger partial charge in [0.2, 0.25) is 0 Å². The molecule has 5 aromatic rings. The smallest absolute Gasteiger partial charge is 0.268 e. The molecule has 5 rings (SSSR count). The van der Waals surface area contributed by atoms with Gasteiger partial charge in [-0.15, -0.1) is 0 Å². The average molecular weight is 541 g/mol. The summed E-state index contributed by atoms with van der Waals surface area (Å²) in [7, 11) is 3.02. The topological polar surface area (TPSA) is 105 Å². The van der Waals surface area contributed by atoms with Crippen LogP contribution in [0.4, 0.5) is 10.1 Å². The van der Waals surface area contributed by atoms with Crippen molar-refractivity contribution in [3.8, 4) is 28.8 Å². The zero-order chi connectivity index (χ0) is 28.4. The molecule has 0 fully saturated rings. The van der Waals surface area contributed by atoms with Gasteiger partial charge in [0.05, 0.1) is 19.7 Å². The fraction of sp³-hybridized carbons (Fsp3) is 0.133. The molecular formula is C30H25FN4O5. The highest BCUT2D eigenvalue weighted by Crippen LogP contribution is 2.34. The van der Waals surface area contributed by atoms with Gasteiger partial charge in [0.15, 0.2) is 11.5 Å². The van der Waals surface area contributed by atoms with E-state index in [2.05, 4.69) is 15.3 Å². The second-order valence-electron chi connectivity index (χ2n) is 8.92. The Morgan fingerprint density at radius 2 is 1.68 bits per heavy atom. The van der Waals surface area contributed by atoms with Crippen molar-refractivity contribution in [2.45, 2.75) is 13.8 Å². The first-order valence-corrected chi connectivity index (χ1v) is 12.2. The fourth-order valence-corrected chi connectivity index (χ4v) is 4.20. The number of benzene rings is 2. The van der Waals surface area contributed by atoms with Crippen LogP contribution in [0.15, 0.2) is 77.9 Å². The SMILES string of the molecule is COc1cc2nccc(Oc3ccc(NC(=O)c4c(C)c(C)cn(-c5ccc(F)cc5)c4=O)cc3)c2nc1OC. The molecule has 3 aromatic heterocycles. The van der Waals surface area contributed by atoms with Crippen LogP contribution in [0.1, 0.15) is 21.5 Å². The Hall–Kier alpha value is -5.25. The van der Waals surface area contributed by atoms with E-state index in [0.29, 0.717) is 51.1 Å². The maximum Gasteiger partial charge on any atom is 0.268 e. The Morgan fingerprint density at radius 1 is 0.950 bits per heavy atom. The van der Waals surface area contributed by atoms with Crippen LogP contribution < -0.4 is 25.1 Å². The molecule has 0 saturated heterocycles. The maximum atomic E-state index is 13.4. The van der Waals surface area contributed by atoms with E-state index < -0.39 is 17.3 Å². The Kier molecular flexibility index (Phi) is 7.15. The number of amides is 1. The first-order chi connectivity index (χ1) is 19.3. The van der Waals surface area contributed by atoms with Gasteiger partial charge in [-0.3, -0.25) is 19.1 Å². The number of methoxy groups -OCH3 is 2. The van der Waals surface area contributed by atoms with Crippen molar-refractivity contribution in [1.29, 1.82) is 0 Å². The standard InChI is InChI=1S/C30H25FN4O5/c1-17-16-35(21-9-5-19(31)6-10-21)30(37)26(18(17)2)28(36)33-20-7-11-22(12-8-20)40-24-13-14-32-23-15-25(38-3)29(39-4)34-27(23)24/h5-16H,1-4H3,(H,33,36). The van der Waals surface area contributed by atoms with E-state index in [1.54, 1.807) is 62.6 Å². The predicted molar refractivity (Wildman–Crippen MR) is 149 cm³/mol. The third-order valence-corrected chi connectivity index (χ3v) is 6.41. The van der Waals surface area contributed by atoms with Crippen molar-refractivity contribution in [3.63, 3.8) is 0 Å². The largest absolute Gasteiger partial charge is 0.491 e. The molecule has 9 nitrogen and oxygen atoms in total. The van der Waals surface area contributed by atoms with Crippen molar-refractivity contribution in [1.82, 2.24) is 14.5 Å². The first kappa shape index (κ1) is 26.4. The molecule has 1 N–H and O–H groups in total. The van der Waals surface area contributed by atoms with Gasteiger partial charge in [-0.05, 0) is 73.5 Å². The minimum absolute atomic E-state index is 0.00311. The second kappa shape index (κ2) is 10.9. The number of aryl methyl sites for hydroxylation is 1. The number of hydrogen-bond donors (Lipinski definition) is 1. The summed E-state index contributed by atoms with van der Waals surface area (Å²) in [6.45, 7) is 3.52. The fourth-order valence-electron chi connectivity index (χ4n) is 4.20. The molecule has 0 atom stereocenters. The average Bonchev–Trinajstić information content (AvgIpc) is 2.96. The number of aromatic nitrogens is 3. The van der Waals surface area contributed by atoms with Gasteiger partial charge in [0.1, 0.15) is 22.6 Å². The molecule has 0 saturated carbocycles. The van der Waals surface area contributed by atoms with Gasteiger partial charge >= 0.3 is 0 Å². The Morgan fingerprint density at radius 3 is 2.35 bits per heavy atom. The summed E-state index contributed by atoms with van der Waals surface area (Å²) in [5.41, 5.74) is 2.79.